The summed E-state index contributed by atoms with van der Waals surface area (Å²) in [6, 6.07) is 4.27. The second-order valence-electron chi connectivity index (χ2n) is 5.36. The minimum absolute atomic E-state index is 0.336. The quantitative estimate of drug-likeness (QED) is 0.780. The lowest BCUT2D eigenvalue weighted by Gasteiger charge is -2.25. The first-order valence-electron chi connectivity index (χ1n) is 6.03. The normalized spacial score (nSPS) is 12.8. The van der Waals surface area contributed by atoms with E-state index < -0.39 is 15.6 Å². The molecule has 0 radical (unpaired) electrons. The Kier molecular flexibility index (Phi) is 3.70. The first-order chi connectivity index (χ1) is 9.15. The van der Waals surface area contributed by atoms with Gasteiger partial charge in [0.1, 0.15) is 5.82 Å². The molecular formula is C12H17FN4O2S. The summed E-state index contributed by atoms with van der Waals surface area (Å²) < 4.78 is 38.0. The van der Waals surface area contributed by atoms with E-state index in [1.807, 2.05) is 0 Å². The Balaban J connectivity index is 2.09. The van der Waals surface area contributed by atoms with Crippen molar-refractivity contribution in [1.29, 1.82) is 0 Å². The lowest BCUT2D eigenvalue weighted by molar-refractivity contribution is 0.475. The zero-order valence-electron chi connectivity index (χ0n) is 11.5. The summed E-state index contributed by atoms with van der Waals surface area (Å²) in [6.07, 6.45) is 1.11. The predicted octanol–water partition coefficient (Wildman–Crippen LogP) is 1.44. The number of benzene rings is 1. The minimum atomic E-state index is -3.29. The fourth-order valence-electron chi connectivity index (χ4n) is 1.91. The molecule has 0 spiro atoms. The first-order valence-corrected chi connectivity index (χ1v) is 7.92. The van der Waals surface area contributed by atoms with Crippen molar-refractivity contribution in [3.8, 4) is 0 Å². The Morgan fingerprint density at radius 1 is 1.40 bits per heavy atom. The molecule has 1 aromatic carbocycles. The molecule has 8 heteroatoms. The molecule has 0 aliphatic heterocycles. The zero-order chi connectivity index (χ0) is 15.0. The van der Waals surface area contributed by atoms with Gasteiger partial charge in [0.15, 0.2) is 0 Å². The molecule has 0 atom stereocenters. The number of hydrogen-bond acceptors (Lipinski definition) is 4. The van der Waals surface area contributed by atoms with Gasteiger partial charge in [0, 0.05) is 12.1 Å². The van der Waals surface area contributed by atoms with Crippen LogP contribution in [0.25, 0.3) is 11.0 Å². The van der Waals surface area contributed by atoms with Crippen LogP contribution in [0, 0.1) is 5.82 Å². The molecular weight excluding hydrogens is 283 g/mol. The number of sulfonamides is 1. The van der Waals surface area contributed by atoms with Crippen molar-refractivity contribution >= 4 is 27.0 Å². The van der Waals surface area contributed by atoms with Gasteiger partial charge in [-0.25, -0.2) is 22.5 Å². The van der Waals surface area contributed by atoms with E-state index in [4.69, 9.17) is 0 Å². The second-order valence-corrected chi connectivity index (χ2v) is 7.11. The van der Waals surface area contributed by atoms with E-state index in [0.717, 1.165) is 6.26 Å². The topological polar surface area (TPSA) is 86.9 Å². The van der Waals surface area contributed by atoms with Gasteiger partial charge in [-0.05, 0) is 32.0 Å². The number of rotatable bonds is 5. The number of H-pyrrole nitrogens is 1. The molecule has 1 aromatic heterocycles. The molecule has 3 N–H and O–H groups in total. The Labute approximate surface area is 116 Å². The Bertz CT molecular complexity index is 724. The van der Waals surface area contributed by atoms with E-state index in [0.29, 0.717) is 23.5 Å². The standard InChI is InChI=1S/C12H17FN4O2S/c1-12(2,17-20(3,18)19)7-14-11-15-9-5-4-8(13)6-10(9)16-11/h4-6,17H,7H2,1-3H3,(H2,14,15,16). The summed E-state index contributed by atoms with van der Waals surface area (Å²) in [4.78, 5) is 7.18. The molecule has 0 saturated carbocycles. The molecule has 0 amide bonds. The molecule has 2 rings (SSSR count). The number of hydrogen-bond donors (Lipinski definition) is 3. The number of fused-ring (bicyclic) bond motifs is 1. The lowest BCUT2D eigenvalue weighted by atomic mass is 10.1. The van der Waals surface area contributed by atoms with Crippen LogP contribution in [0.3, 0.4) is 0 Å². The smallest absolute Gasteiger partial charge is 0.209 e. The average Bonchev–Trinajstić information content (AvgIpc) is 2.65. The van der Waals surface area contributed by atoms with Crippen LogP contribution in [0.2, 0.25) is 0 Å². The third kappa shape index (κ3) is 3.91. The van der Waals surface area contributed by atoms with Crippen LogP contribution >= 0.6 is 0 Å². The van der Waals surface area contributed by atoms with Gasteiger partial charge >= 0.3 is 0 Å². The number of anilines is 1. The SMILES string of the molecule is CC(C)(CNc1nc2ccc(F)cc2[nH]1)NS(C)(=O)=O. The fraction of sp³-hybridized carbons (Fsp3) is 0.417. The molecule has 110 valence electrons. The van der Waals surface area contributed by atoms with Crippen molar-refractivity contribution in [2.24, 2.45) is 0 Å². The van der Waals surface area contributed by atoms with Crippen LogP contribution in [0.5, 0.6) is 0 Å². The number of aromatic amines is 1. The highest BCUT2D eigenvalue weighted by Crippen LogP contribution is 2.16. The van der Waals surface area contributed by atoms with Crippen molar-refractivity contribution in [2.45, 2.75) is 19.4 Å². The van der Waals surface area contributed by atoms with Gasteiger partial charge in [0.25, 0.3) is 0 Å². The molecule has 0 aliphatic carbocycles. The monoisotopic (exact) mass is 300 g/mol. The number of halogens is 1. The van der Waals surface area contributed by atoms with Crippen molar-refractivity contribution in [3.05, 3.63) is 24.0 Å². The number of nitrogens with one attached hydrogen (secondary N) is 3. The number of imidazole rings is 1. The highest BCUT2D eigenvalue weighted by atomic mass is 32.2. The molecule has 20 heavy (non-hydrogen) atoms. The predicted molar refractivity (Wildman–Crippen MR) is 76.6 cm³/mol. The third-order valence-electron chi connectivity index (χ3n) is 2.60. The Morgan fingerprint density at radius 2 is 2.10 bits per heavy atom. The number of aromatic nitrogens is 2. The molecule has 0 bridgehead atoms. The summed E-state index contributed by atoms with van der Waals surface area (Å²) in [5.74, 6) is 0.126. The maximum atomic E-state index is 13.1. The van der Waals surface area contributed by atoms with Crippen LogP contribution in [0.15, 0.2) is 18.2 Å². The van der Waals surface area contributed by atoms with E-state index >= 15 is 0 Å². The summed E-state index contributed by atoms with van der Waals surface area (Å²) in [6.45, 7) is 3.84. The zero-order valence-corrected chi connectivity index (χ0v) is 12.3. The van der Waals surface area contributed by atoms with Gasteiger partial charge < -0.3 is 10.3 Å². The van der Waals surface area contributed by atoms with Crippen LogP contribution in [0.4, 0.5) is 10.3 Å². The minimum Gasteiger partial charge on any atom is -0.354 e. The van der Waals surface area contributed by atoms with Gasteiger partial charge in [-0.15, -0.1) is 0 Å². The molecule has 1 heterocycles. The summed E-state index contributed by atoms with van der Waals surface area (Å²) in [5.41, 5.74) is 0.557. The van der Waals surface area contributed by atoms with E-state index in [-0.39, 0.29) is 5.82 Å². The van der Waals surface area contributed by atoms with E-state index in [1.54, 1.807) is 19.9 Å². The van der Waals surface area contributed by atoms with Crippen LogP contribution < -0.4 is 10.0 Å². The lowest BCUT2D eigenvalue weighted by Crippen LogP contribution is -2.47. The van der Waals surface area contributed by atoms with E-state index in [1.165, 1.54) is 12.1 Å². The van der Waals surface area contributed by atoms with Gasteiger partial charge in [0.05, 0.1) is 17.3 Å². The van der Waals surface area contributed by atoms with Crippen LogP contribution in [-0.2, 0) is 10.0 Å². The van der Waals surface area contributed by atoms with Gasteiger partial charge in [-0.3, -0.25) is 0 Å². The number of nitrogens with zero attached hydrogens (tertiary/aromatic N) is 1. The highest BCUT2D eigenvalue weighted by Gasteiger charge is 2.22. The highest BCUT2D eigenvalue weighted by molar-refractivity contribution is 7.88. The third-order valence-corrected chi connectivity index (χ3v) is 3.53. The molecule has 6 nitrogen and oxygen atoms in total. The van der Waals surface area contributed by atoms with Crippen molar-refractivity contribution < 1.29 is 12.8 Å². The van der Waals surface area contributed by atoms with E-state index in [9.17, 15) is 12.8 Å². The van der Waals surface area contributed by atoms with E-state index in [2.05, 4.69) is 20.0 Å². The maximum absolute atomic E-state index is 13.1. The van der Waals surface area contributed by atoms with Crippen molar-refractivity contribution in [2.75, 3.05) is 18.1 Å². The Hall–Kier alpha value is -1.67. The largest absolute Gasteiger partial charge is 0.354 e. The van der Waals surface area contributed by atoms with Gasteiger partial charge in [0.2, 0.25) is 16.0 Å². The van der Waals surface area contributed by atoms with Gasteiger partial charge in [-0.1, -0.05) is 0 Å². The average molecular weight is 300 g/mol. The first kappa shape index (κ1) is 14.7. The summed E-state index contributed by atoms with van der Waals surface area (Å²) in [5, 5.41) is 3.00. The molecule has 2 aromatic rings. The van der Waals surface area contributed by atoms with Crippen LogP contribution in [-0.4, -0.2) is 36.7 Å². The molecule has 0 saturated heterocycles. The summed E-state index contributed by atoms with van der Waals surface area (Å²) >= 11 is 0. The maximum Gasteiger partial charge on any atom is 0.209 e. The summed E-state index contributed by atoms with van der Waals surface area (Å²) in [7, 11) is -3.29. The van der Waals surface area contributed by atoms with Crippen molar-refractivity contribution in [3.63, 3.8) is 0 Å². The molecule has 0 aliphatic rings. The van der Waals surface area contributed by atoms with Gasteiger partial charge in [-0.2, -0.15) is 0 Å². The van der Waals surface area contributed by atoms with Crippen LogP contribution in [0.1, 0.15) is 13.8 Å². The second kappa shape index (κ2) is 5.02. The Morgan fingerprint density at radius 3 is 2.75 bits per heavy atom. The molecule has 0 fully saturated rings. The fourth-order valence-corrected chi connectivity index (χ4v) is 2.98. The van der Waals surface area contributed by atoms with Crippen molar-refractivity contribution in [1.82, 2.24) is 14.7 Å². The molecule has 0 unspecified atom stereocenters.